The Balaban J connectivity index is 1.82. The molecule has 1 aromatic heterocycles. The van der Waals surface area contributed by atoms with E-state index in [9.17, 15) is 8.42 Å². The van der Waals surface area contributed by atoms with Crippen LogP contribution in [0.5, 0.6) is 0 Å². The second kappa shape index (κ2) is 7.00. The fourth-order valence-corrected chi connectivity index (χ4v) is 6.12. The summed E-state index contributed by atoms with van der Waals surface area (Å²) in [7, 11) is -0.652. The number of sulfonamides is 1. The highest BCUT2D eigenvalue weighted by molar-refractivity contribution is 7.90. The predicted octanol–water partition coefficient (Wildman–Crippen LogP) is 1.42. The minimum atomic E-state index is -3.71. The van der Waals surface area contributed by atoms with Gasteiger partial charge in [-0.3, -0.25) is 5.41 Å². The maximum absolute atomic E-state index is 13.3. The number of ether oxygens (including phenoxy) is 1. The first-order valence-electron chi connectivity index (χ1n) is 9.39. The molecule has 2 atom stereocenters. The molecule has 2 aliphatic heterocycles. The van der Waals surface area contributed by atoms with Gasteiger partial charge >= 0.3 is 0 Å². The highest BCUT2D eigenvalue weighted by Crippen LogP contribution is 2.41. The molecule has 9 heteroatoms. The normalized spacial score (nSPS) is 25.6. The van der Waals surface area contributed by atoms with Crippen LogP contribution in [0.2, 0.25) is 0 Å². The standard InChI is InChI=1S/C20H25N5O3S/c1-14-9-15(12-28-3)10-18(22-14)25-11-17-20(13-25,16-7-5-4-6-8-16)23-19(21)24(2)29(17,26)27/h4-10,17H,11-13H2,1-3H3,(H2,21,23)/t17?,20-/m1/s1. The van der Waals surface area contributed by atoms with Crippen molar-refractivity contribution in [1.82, 2.24) is 14.6 Å². The largest absolute Gasteiger partial charge is 0.380 e. The molecule has 0 bridgehead atoms. The third-order valence-corrected chi connectivity index (χ3v) is 7.91. The zero-order valence-electron chi connectivity index (χ0n) is 16.7. The van der Waals surface area contributed by atoms with Crippen molar-refractivity contribution in [2.45, 2.75) is 24.3 Å². The van der Waals surface area contributed by atoms with Crippen molar-refractivity contribution in [3.8, 4) is 0 Å². The first-order chi connectivity index (χ1) is 13.8. The Hall–Kier alpha value is -2.65. The molecule has 154 valence electrons. The highest BCUT2D eigenvalue weighted by Gasteiger charge is 2.59. The summed E-state index contributed by atoms with van der Waals surface area (Å²) in [6.07, 6.45) is 0. The number of rotatable bonds is 4. The Bertz CT molecular complexity index is 1040. The van der Waals surface area contributed by atoms with Gasteiger partial charge in [0.05, 0.1) is 6.61 Å². The first-order valence-corrected chi connectivity index (χ1v) is 10.9. The van der Waals surface area contributed by atoms with E-state index in [1.165, 1.54) is 7.05 Å². The average Bonchev–Trinajstić information content (AvgIpc) is 3.09. The molecule has 3 heterocycles. The van der Waals surface area contributed by atoms with Crippen molar-refractivity contribution in [1.29, 1.82) is 5.41 Å². The molecule has 2 N–H and O–H groups in total. The lowest BCUT2D eigenvalue weighted by atomic mass is 9.88. The molecule has 2 fully saturated rings. The number of nitrogens with one attached hydrogen (secondary N) is 2. The van der Waals surface area contributed by atoms with Crippen molar-refractivity contribution in [2.24, 2.45) is 0 Å². The number of benzene rings is 1. The van der Waals surface area contributed by atoms with Crippen LogP contribution in [0.4, 0.5) is 5.82 Å². The lowest BCUT2D eigenvalue weighted by Gasteiger charge is -2.43. The van der Waals surface area contributed by atoms with Crippen molar-refractivity contribution < 1.29 is 13.2 Å². The molecule has 8 nitrogen and oxygen atoms in total. The molecule has 1 unspecified atom stereocenters. The molecule has 2 aromatic rings. The molecule has 0 aliphatic carbocycles. The average molecular weight is 416 g/mol. The van der Waals surface area contributed by atoms with Crippen LogP contribution in [0.3, 0.4) is 0 Å². The smallest absolute Gasteiger partial charge is 0.244 e. The molecule has 0 amide bonds. The summed E-state index contributed by atoms with van der Waals surface area (Å²) in [5.41, 5.74) is 1.76. The van der Waals surface area contributed by atoms with Gasteiger partial charge in [0.25, 0.3) is 0 Å². The van der Waals surface area contributed by atoms with Gasteiger partial charge in [-0.05, 0) is 30.2 Å². The lowest BCUT2D eigenvalue weighted by Crippen LogP contribution is -2.66. The van der Waals surface area contributed by atoms with Crippen LogP contribution in [-0.2, 0) is 26.9 Å². The maximum Gasteiger partial charge on any atom is 0.244 e. The van der Waals surface area contributed by atoms with E-state index in [0.29, 0.717) is 19.0 Å². The van der Waals surface area contributed by atoms with Crippen LogP contribution < -0.4 is 10.2 Å². The summed E-state index contributed by atoms with van der Waals surface area (Å²) in [5.74, 6) is 0.595. The van der Waals surface area contributed by atoms with Crippen molar-refractivity contribution in [3.05, 3.63) is 59.3 Å². The summed E-state index contributed by atoms with van der Waals surface area (Å²) in [5, 5.41) is 10.7. The number of aromatic nitrogens is 1. The number of methoxy groups -OCH3 is 1. The summed E-state index contributed by atoms with van der Waals surface area (Å²) >= 11 is 0. The van der Waals surface area contributed by atoms with Crippen molar-refractivity contribution >= 4 is 21.8 Å². The third-order valence-electron chi connectivity index (χ3n) is 5.70. The Labute approximate surface area is 171 Å². The van der Waals surface area contributed by atoms with E-state index in [0.717, 1.165) is 21.1 Å². The van der Waals surface area contributed by atoms with Gasteiger partial charge in [0.15, 0.2) is 0 Å². The molecular weight excluding hydrogens is 390 g/mol. The minimum absolute atomic E-state index is 0.121. The lowest BCUT2D eigenvalue weighted by molar-refractivity contribution is 0.185. The fourth-order valence-electron chi connectivity index (χ4n) is 4.29. The van der Waals surface area contributed by atoms with Crippen LogP contribution in [0.15, 0.2) is 42.5 Å². The predicted molar refractivity (Wildman–Crippen MR) is 111 cm³/mol. The number of pyridine rings is 1. The summed E-state index contributed by atoms with van der Waals surface area (Å²) in [6.45, 7) is 3.04. The van der Waals surface area contributed by atoms with Crippen LogP contribution in [0.1, 0.15) is 16.8 Å². The molecule has 0 radical (unpaired) electrons. The molecule has 2 aliphatic rings. The molecule has 1 aromatic carbocycles. The molecule has 2 saturated heterocycles. The van der Waals surface area contributed by atoms with E-state index in [1.54, 1.807) is 7.11 Å². The van der Waals surface area contributed by atoms with Gasteiger partial charge in [-0.1, -0.05) is 30.3 Å². The number of hydrogen-bond donors (Lipinski definition) is 2. The summed E-state index contributed by atoms with van der Waals surface area (Å²) < 4.78 is 32.8. The second-order valence-corrected chi connectivity index (χ2v) is 9.75. The highest BCUT2D eigenvalue weighted by atomic mass is 32.2. The molecule has 0 spiro atoms. The zero-order valence-corrected chi connectivity index (χ0v) is 17.5. The number of nitrogens with zero attached hydrogens (tertiary/aromatic N) is 3. The number of guanidine groups is 1. The number of anilines is 1. The van der Waals surface area contributed by atoms with E-state index < -0.39 is 20.8 Å². The van der Waals surface area contributed by atoms with Crippen LogP contribution in [0, 0.1) is 12.3 Å². The zero-order chi connectivity index (χ0) is 20.8. The van der Waals surface area contributed by atoms with Crippen molar-refractivity contribution in [3.63, 3.8) is 0 Å². The van der Waals surface area contributed by atoms with E-state index >= 15 is 0 Å². The topological polar surface area (TPSA) is 98.6 Å². The van der Waals surface area contributed by atoms with Gasteiger partial charge in [-0.25, -0.2) is 17.7 Å². The number of fused-ring (bicyclic) bond motifs is 1. The van der Waals surface area contributed by atoms with Gasteiger partial charge in [0.1, 0.15) is 16.6 Å². The van der Waals surface area contributed by atoms with Gasteiger partial charge in [0, 0.05) is 32.9 Å². The molecule has 4 rings (SSSR count). The monoisotopic (exact) mass is 415 g/mol. The van der Waals surface area contributed by atoms with Crippen LogP contribution in [-0.4, -0.2) is 56.2 Å². The summed E-state index contributed by atoms with van der Waals surface area (Å²) in [4.78, 5) is 6.63. The van der Waals surface area contributed by atoms with Gasteiger partial charge in [-0.15, -0.1) is 0 Å². The Morgan fingerprint density at radius 3 is 2.72 bits per heavy atom. The number of hydrogen-bond acceptors (Lipinski definition) is 6. The first kappa shape index (κ1) is 19.7. The second-order valence-electron chi connectivity index (χ2n) is 7.60. The third kappa shape index (κ3) is 3.14. The fraction of sp³-hybridized carbons (Fsp3) is 0.400. The number of aryl methyl sites for hydroxylation is 1. The maximum atomic E-state index is 13.3. The van der Waals surface area contributed by atoms with E-state index in [-0.39, 0.29) is 12.5 Å². The van der Waals surface area contributed by atoms with Gasteiger partial charge in [0.2, 0.25) is 16.0 Å². The quantitative estimate of drug-likeness (QED) is 0.784. The Morgan fingerprint density at radius 2 is 2.03 bits per heavy atom. The van der Waals surface area contributed by atoms with Gasteiger partial charge in [-0.2, -0.15) is 0 Å². The van der Waals surface area contributed by atoms with Crippen molar-refractivity contribution in [2.75, 3.05) is 32.1 Å². The minimum Gasteiger partial charge on any atom is -0.380 e. The summed E-state index contributed by atoms with van der Waals surface area (Å²) in [6, 6.07) is 13.4. The SMILES string of the molecule is COCc1cc(C)nc(N2CC3[C@](c4ccccc4)(C2)NC(=N)N(C)S3(=O)=O)c1. The van der Waals surface area contributed by atoms with E-state index in [4.69, 9.17) is 10.1 Å². The van der Waals surface area contributed by atoms with Crippen LogP contribution >= 0.6 is 0 Å². The Morgan fingerprint density at radius 1 is 1.31 bits per heavy atom. The molecule has 29 heavy (non-hydrogen) atoms. The molecular formula is C20H25N5O3S. The Kier molecular flexibility index (Phi) is 4.74. The van der Waals surface area contributed by atoms with Gasteiger partial charge < -0.3 is 15.0 Å². The van der Waals surface area contributed by atoms with E-state index in [1.807, 2.05) is 54.3 Å². The van der Waals surface area contributed by atoms with Crippen LogP contribution in [0.25, 0.3) is 0 Å². The van der Waals surface area contributed by atoms with E-state index in [2.05, 4.69) is 10.3 Å². The molecule has 0 saturated carbocycles.